The molecule has 106 valence electrons. The molecule has 0 saturated carbocycles. The van der Waals surface area contributed by atoms with Crippen LogP contribution in [0.2, 0.25) is 0 Å². The van der Waals surface area contributed by atoms with Gasteiger partial charge in [-0.2, -0.15) is 5.26 Å². The van der Waals surface area contributed by atoms with Gasteiger partial charge in [-0.25, -0.2) is 0 Å². The van der Waals surface area contributed by atoms with Gasteiger partial charge in [0.2, 0.25) is 0 Å². The maximum Gasteiger partial charge on any atom is 0.182 e. The number of para-hydroxylation sites is 1. The minimum atomic E-state index is 0.0665. The minimum Gasteiger partial charge on any atom is -0.363 e. The highest BCUT2D eigenvalue weighted by Gasteiger charge is 2.12. The second kappa shape index (κ2) is 7.25. The molecule has 0 saturated heterocycles. The van der Waals surface area contributed by atoms with Crippen molar-refractivity contribution in [2.24, 2.45) is 0 Å². The van der Waals surface area contributed by atoms with E-state index in [-0.39, 0.29) is 12.3 Å². The van der Waals surface area contributed by atoms with E-state index in [0.29, 0.717) is 18.5 Å². The van der Waals surface area contributed by atoms with Gasteiger partial charge in [-0.15, -0.1) is 0 Å². The predicted octanol–water partition coefficient (Wildman–Crippen LogP) is 3.60. The van der Waals surface area contributed by atoms with Crippen molar-refractivity contribution in [1.29, 1.82) is 5.26 Å². The molecule has 0 aliphatic heterocycles. The van der Waals surface area contributed by atoms with Crippen molar-refractivity contribution >= 4 is 11.5 Å². The Labute approximate surface area is 125 Å². The Bertz CT molecular complexity index is 627. The molecule has 0 N–H and O–H groups in total. The third-order valence-corrected chi connectivity index (χ3v) is 3.32. The highest BCUT2D eigenvalue weighted by Crippen LogP contribution is 2.15. The molecule has 2 aromatic carbocycles. The lowest BCUT2D eigenvalue weighted by molar-refractivity contribution is 0.0999. The third kappa shape index (κ3) is 4.19. The van der Waals surface area contributed by atoms with Gasteiger partial charge in [0.05, 0.1) is 19.0 Å². The van der Waals surface area contributed by atoms with Crippen LogP contribution in [0.4, 0.5) is 5.69 Å². The number of benzene rings is 2. The quantitative estimate of drug-likeness (QED) is 0.758. The topological polar surface area (TPSA) is 44.1 Å². The SMILES string of the molecule is Cc1ccc(C(=O)CN(CCC#N)c2ccccc2)cc1. The molecular formula is C18H18N2O. The second-order valence-corrected chi connectivity index (χ2v) is 4.95. The zero-order valence-corrected chi connectivity index (χ0v) is 12.1. The predicted molar refractivity (Wildman–Crippen MR) is 84.4 cm³/mol. The summed E-state index contributed by atoms with van der Waals surface area (Å²) in [4.78, 5) is 14.3. The fourth-order valence-electron chi connectivity index (χ4n) is 2.13. The molecule has 3 heteroatoms. The van der Waals surface area contributed by atoms with Crippen LogP contribution < -0.4 is 4.90 Å². The van der Waals surface area contributed by atoms with Crippen LogP contribution in [0.25, 0.3) is 0 Å². The van der Waals surface area contributed by atoms with Gasteiger partial charge < -0.3 is 4.90 Å². The van der Waals surface area contributed by atoms with Crippen LogP contribution in [-0.4, -0.2) is 18.9 Å². The summed E-state index contributed by atoms with van der Waals surface area (Å²) < 4.78 is 0. The number of hydrogen-bond donors (Lipinski definition) is 0. The Balaban J connectivity index is 2.13. The molecule has 3 nitrogen and oxygen atoms in total. The Kier molecular flexibility index (Phi) is 5.11. The molecule has 0 unspecified atom stereocenters. The standard InChI is InChI=1S/C18H18N2O/c1-15-8-10-16(11-9-15)18(21)14-20(13-5-12-19)17-6-3-2-4-7-17/h2-4,6-11H,5,13-14H2,1H3. The summed E-state index contributed by atoms with van der Waals surface area (Å²) >= 11 is 0. The van der Waals surface area contributed by atoms with E-state index in [1.54, 1.807) is 0 Å². The van der Waals surface area contributed by atoms with Crippen molar-refractivity contribution in [1.82, 2.24) is 0 Å². The molecular weight excluding hydrogens is 260 g/mol. The molecule has 0 radical (unpaired) electrons. The molecule has 0 aliphatic carbocycles. The number of hydrogen-bond acceptors (Lipinski definition) is 3. The molecule has 2 aromatic rings. The van der Waals surface area contributed by atoms with Crippen LogP contribution in [0, 0.1) is 18.3 Å². The van der Waals surface area contributed by atoms with E-state index in [4.69, 9.17) is 5.26 Å². The fourth-order valence-corrected chi connectivity index (χ4v) is 2.13. The van der Waals surface area contributed by atoms with Crippen molar-refractivity contribution in [2.45, 2.75) is 13.3 Å². The molecule has 21 heavy (non-hydrogen) atoms. The largest absolute Gasteiger partial charge is 0.363 e. The van der Waals surface area contributed by atoms with Gasteiger partial charge in [0.25, 0.3) is 0 Å². The number of nitriles is 1. The zero-order chi connectivity index (χ0) is 15.1. The summed E-state index contributed by atoms with van der Waals surface area (Å²) in [6, 6.07) is 19.4. The van der Waals surface area contributed by atoms with Crippen molar-refractivity contribution in [3.8, 4) is 6.07 Å². The van der Waals surface area contributed by atoms with Crippen LogP contribution >= 0.6 is 0 Å². The van der Waals surface area contributed by atoms with Crippen LogP contribution in [0.5, 0.6) is 0 Å². The van der Waals surface area contributed by atoms with Crippen LogP contribution in [-0.2, 0) is 0 Å². The first-order valence-corrected chi connectivity index (χ1v) is 6.97. The van der Waals surface area contributed by atoms with Crippen molar-refractivity contribution in [3.05, 3.63) is 65.7 Å². The lowest BCUT2D eigenvalue weighted by atomic mass is 10.1. The zero-order valence-electron chi connectivity index (χ0n) is 12.1. The Hall–Kier alpha value is -2.60. The van der Waals surface area contributed by atoms with E-state index >= 15 is 0 Å². The lowest BCUT2D eigenvalue weighted by Gasteiger charge is -2.23. The number of ketones is 1. The smallest absolute Gasteiger partial charge is 0.182 e. The molecule has 0 bridgehead atoms. The summed E-state index contributed by atoms with van der Waals surface area (Å²) in [5.74, 6) is 0.0665. The average Bonchev–Trinajstić information content (AvgIpc) is 2.52. The first kappa shape index (κ1) is 14.8. The second-order valence-electron chi connectivity index (χ2n) is 4.95. The molecule has 2 rings (SSSR count). The minimum absolute atomic E-state index is 0.0665. The van der Waals surface area contributed by atoms with Crippen LogP contribution in [0.15, 0.2) is 54.6 Å². The Morgan fingerprint density at radius 1 is 1.10 bits per heavy atom. The number of Topliss-reactive ketones (excluding diaryl/α,β-unsaturated/α-hetero) is 1. The van der Waals surface area contributed by atoms with E-state index in [0.717, 1.165) is 11.3 Å². The van der Waals surface area contributed by atoms with Crippen molar-refractivity contribution < 1.29 is 4.79 Å². The normalized spacial score (nSPS) is 9.90. The molecule has 0 amide bonds. The monoisotopic (exact) mass is 278 g/mol. The van der Waals surface area contributed by atoms with E-state index in [9.17, 15) is 4.79 Å². The highest BCUT2D eigenvalue weighted by molar-refractivity contribution is 5.99. The number of aryl methyl sites for hydroxylation is 1. The third-order valence-electron chi connectivity index (χ3n) is 3.32. The summed E-state index contributed by atoms with van der Waals surface area (Å²) in [6.45, 7) is 2.84. The molecule has 0 heterocycles. The van der Waals surface area contributed by atoms with E-state index < -0.39 is 0 Å². The van der Waals surface area contributed by atoms with Gasteiger partial charge in [-0.05, 0) is 19.1 Å². The van der Waals surface area contributed by atoms with Gasteiger partial charge in [0.15, 0.2) is 5.78 Å². The highest BCUT2D eigenvalue weighted by atomic mass is 16.1. The van der Waals surface area contributed by atoms with Gasteiger partial charge in [0.1, 0.15) is 0 Å². The van der Waals surface area contributed by atoms with Crippen molar-refractivity contribution in [3.63, 3.8) is 0 Å². The number of anilines is 1. The summed E-state index contributed by atoms with van der Waals surface area (Å²) in [7, 11) is 0. The first-order chi connectivity index (χ1) is 10.2. The van der Waals surface area contributed by atoms with E-state index in [1.165, 1.54) is 0 Å². The summed E-state index contributed by atoms with van der Waals surface area (Å²) in [5, 5.41) is 8.78. The van der Waals surface area contributed by atoms with Gasteiger partial charge in [-0.1, -0.05) is 48.0 Å². The molecule has 0 atom stereocenters. The number of rotatable bonds is 6. The molecule has 0 aliphatic rings. The molecule has 0 aromatic heterocycles. The van der Waals surface area contributed by atoms with Gasteiger partial charge >= 0.3 is 0 Å². The average molecular weight is 278 g/mol. The maximum atomic E-state index is 12.4. The molecule has 0 fully saturated rings. The number of nitrogens with zero attached hydrogens (tertiary/aromatic N) is 2. The van der Waals surface area contributed by atoms with Gasteiger partial charge in [0, 0.05) is 17.8 Å². The Morgan fingerprint density at radius 2 is 1.76 bits per heavy atom. The van der Waals surface area contributed by atoms with Crippen LogP contribution in [0.1, 0.15) is 22.3 Å². The van der Waals surface area contributed by atoms with Crippen LogP contribution in [0.3, 0.4) is 0 Å². The first-order valence-electron chi connectivity index (χ1n) is 6.97. The Morgan fingerprint density at radius 3 is 2.38 bits per heavy atom. The summed E-state index contributed by atoms with van der Waals surface area (Å²) in [6.07, 6.45) is 0.399. The summed E-state index contributed by atoms with van der Waals surface area (Å²) in [5.41, 5.74) is 2.81. The maximum absolute atomic E-state index is 12.4. The number of carbonyl (C=O) groups excluding carboxylic acids is 1. The molecule has 0 spiro atoms. The van der Waals surface area contributed by atoms with Gasteiger partial charge in [-0.3, -0.25) is 4.79 Å². The van der Waals surface area contributed by atoms with Crippen molar-refractivity contribution in [2.75, 3.05) is 18.0 Å². The lowest BCUT2D eigenvalue weighted by Crippen LogP contribution is -2.30. The number of carbonyl (C=O) groups is 1. The van der Waals surface area contributed by atoms with E-state index in [1.807, 2.05) is 66.4 Å². The van der Waals surface area contributed by atoms with E-state index in [2.05, 4.69) is 6.07 Å². The fraction of sp³-hybridized carbons (Fsp3) is 0.222.